The Kier molecular flexibility index (Phi) is 8.85. The Morgan fingerprint density at radius 1 is 1.28 bits per heavy atom. The van der Waals surface area contributed by atoms with Crippen molar-refractivity contribution in [3.63, 3.8) is 0 Å². The number of ether oxygens (including phenoxy) is 2. The van der Waals surface area contributed by atoms with E-state index in [-0.39, 0.29) is 17.4 Å². The molecular weight excluding hydrogens is 394 g/mol. The third-order valence-electron chi connectivity index (χ3n) is 4.21. The number of nitrogens with zero attached hydrogens (tertiary/aromatic N) is 1. The molecule has 1 atom stereocenters. The van der Waals surface area contributed by atoms with Gasteiger partial charge < -0.3 is 19.7 Å². The average molecular weight is 422 g/mol. The molecule has 0 aliphatic carbocycles. The van der Waals surface area contributed by atoms with Crippen LogP contribution in [0.5, 0.6) is 5.75 Å². The van der Waals surface area contributed by atoms with Gasteiger partial charge in [0.1, 0.15) is 11.8 Å². The van der Waals surface area contributed by atoms with Crippen LogP contribution in [0.3, 0.4) is 0 Å². The third kappa shape index (κ3) is 6.70. The summed E-state index contributed by atoms with van der Waals surface area (Å²) in [6, 6.07) is 5.97. The number of hydrogen-bond acceptors (Lipinski definition) is 6. The second-order valence-corrected chi connectivity index (χ2v) is 6.95. The van der Waals surface area contributed by atoms with Crippen LogP contribution in [0.2, 0.25) is 0 Å². The van der Waals surface area contributed by atoms with E-state index in [4.69, 9.17) is 21.7 Å². The number of thiocarbonyl (C=S) groups is 1. The molecular formula is C20H27N3O5S. The first-order chi connectivity index (χ1) is 14.0. The van der Waals surface area contributed by atoms with E-state index in [0.717, 1.165) is 6.42 Å². The number of hydrogen-bond donors (Lipinski definition) is 2. The lowest BCUT2D eigenvalue weighted by atomic mass is 10.1. The first kappa shape index (κ1) is 22.6. The van der Waals surface area contributed by atoms with Gasteiger partial charge in [0.05, 0.1) is 19.6 Å². The number of carbonyl (C=O) groups excluding carboxylic acids is 3. The van der Waals surface area contributed by atoms with E-state index in [1.165, 1.54) is 0 Å². The minimum absolute atomic E-state index is 0.0954. The Bertz CT molecular complexity index is 755. The quantitative estimate of drug-likeness (QED) is 0.486. The predicted molar refractivity (Wildman–Crippen MR) is 112 cm³/mol. The number of rotatable bonds is 8. The molecule has 1 aromatic rings. The zero-order valence-electron chi connectivity index (χ0n) is 16.7. The minimum Gasteiger partial charge on any atom is -0.494 e. The van der Waals surface area contributed by atoms with E-state index in [0.29, 0.717) is 44.0 Å². The fourth-order valence-corrected chi connectivity index (χ4v) is 3.09. The number of nitrogens with one attached hydrogen (secondary N) is 2. The van der Waals surface area contributed by atoms with Crippen LogP contribution in [0.25, 0.3) is 0 Å². The van der Waals surface area contributed by atoms with Crippen molar-refractivity contribution in [2.24, 2.45) is 0 Å². The number of esters is 1. The molecule has 1 aliphatic heterocycles. The fourth-order valence-electron chi connectivity index (χ4n) is 2.78. The summed E-state index contributed by atoms with van der Waals surface area (Å²) < 4.78 is 10.6. The van der Waals surface area contributed by atoms with Crippen LogP contribution in [0, 0.1) is 0 Å². The van der Waals surface area contributed by atoms with Gasteiger partial charge in [-0.25, -0.2) is 0 Å². The molecule has 0 radical (unpaired) electrons. The van der Waals surface area contributed by atoms with E-state index >= 15 is 0 Å². The molecule has 9 heteroatoms. The molecule has 8 nitrogen and oxygen atoms in total. The van der Waals surface area contributed by atoms with Crippen molar-refractivity contribution in [3.8, 4) is 5.75 Å². The van der Waals surface area contributed by atoms with E-state index in [1.54, 1.807) is 29.2 Å². The normalized spacial score (nSPS) is 16.0. The van der Waals surface area contributed by atoms with Gasteiger partial charge in [0.25, 0.3) is 5.91 Å². The first-order valence-electron chi connectivity index (χ1n) is 9.74. The smallest absolute Gasteiger partial charge is 0.308 e. The number of amides is 2. The molecule has 1 saturated heterocycles. The van der Waals surface area contributed by atoms with Gasteiger partial charge in [0.2, 0.25) is 5.91 Å². The minimum atomic E-state index is -0.819. The summed E-state index contributed by atoms with van der Waals surface area (Å²) in [5, 5.41) is 5.46. The Morgan fingerprint density at radius 3 is 2.76 bits per heavy atom. The van der Waals surface area contributed by atoms with Crippen LogP contribution in [0.15, 0.2) is 24.3 Å². The predicted octanol–water partition coefficient (Wildman–Crippen LogP) is 1.63. The summed E-state index contributed by atoms with van der Waals surface area (Å²) in [5.41, 5.74) is 0.390. The highest BCUT2D eigenvalue weighted by molar-refractivity contribution is 7.80. The molecule has 0 bridgehead atoms. The Labute approximate surface area is 175 Å². The van der Waals surface area contributed by atoms with Crippen LogP contribution in [-0.2, 0) is 14.3 Å². The van der Waals surface area contributed by atoms with Crippen LogP contribution < -0.4 is 15.4 Å². The maximum Gasteiger partial charge on any atom is 0.308 e. The standard InChI is InChI=1S/C20H27N3O5S/c1-3-10-27-15-7-5-6-14(12-15)18(25)22-20(29)23-9-8-21-19(26)16(23)13-17(24)28-11-4-2/h5-7,12,16H,3-4,8-11,13H2,1-2H3,(H,21,26)(H,22,25,29). The second-order valence-electron chi connectivity index (χ2n) is 6.56. The highest BCUT2D eigenvalue weighted by atomic mass is 32.1. The Hall–Kier alpha value is -2.68. The summed E-state index contributed by atoms with van der Waals surface area (Å²) in [4.78, 5) is 38.4. The number of benzene rings is 1. The van der Waals surface area contributed by atoms with E-state index in [2.05, 4.69) is 10.6 Å². The van der Waals surface area contributed by atoms with E-state index in [1.807, 2.05) is 13.8 Å². The van der Waals surface area contributed by atoms with Gasteiger partial charge in [-0.15, -0.1) is 0 Å². The number of piperazine rings is 1. The average Bonchev–Trinajstić information content (AvgIpc) is 2.72. The molecule has 0 aromatic heterocycles. The summed E-state index contributed by atoms with van der Waals surface area (Å²) in [6.07, 6.45) is 1.42. The monoisotopic (exact) mass is 421 g/mol. The van der Waals surface area contributed by atoms with Gasteiger partial charge in [0.15, 0.2) is 5.11 Å². The van der Waals surface area contributed by atoms with Crippen molar-refractivity contribution < 1.29 is 23.9 Å². The molecule has 158 valence electrons. The van der Waals surface area contributed by atoms with Gasteiger partial charge in [-0.1, -0.05) is 19.9 Å². The summed E-state index contributed by atoms with van der Waals surface area (Å²) >= 11 is 5.35. The first-order valence-corrected chi connectivity index (χ1v) is 10.1. The van der Waals surface area contributed by atoms with Gasteiger partial charge in [-0.3, -0.25) is 19.7 Å². The molecule has 0 saturated carbocycles. The molecule has 2 N–H and O–H groups in total. The third-order valence-corrected chi connectivity index (χ3v) is 4.54. The lowest BCUT2D eigenvalue weighted by Crippen LogP contribution is -2.60. The van der Waals surface area contributed by atoms with Crippen molar-refractivity contribution in [3.05, 3.63) is 29.8 Å². The van der Waals surface area contributed by atoms with Gasteiger partial charge in [-0.05, 0) is 43.3 Å². The molecule has 1 aromatic carbocycles. The molecule has 1 heterocycles. The number of carbonyl (C=O) groups is 3. The zero-order chi connectivity index (χ0) is 21.2. The molecule has 1 fully saturated rings. The van der Waals surface area contributed by atoms with Crippen molar-refractivity contribution in [1.82, 2.24) is 15.5 Å². The maximum atomic E-state index is 12.6. The van der Waals surface area contributed by atoms with E-state index in [9.17, 15) is 14.4 Å². The Morgan fingerprint density at radius 2 is 2.03 bits per heavy atom. The van der Waals surface area contributed by atoms with Crippen molar-refractivity contribution in [2.75, 3.05) is 26.3 Å². The van der Waals surface area contributed by atoms with Crippen LogP contribution in [-0.4, -0.2) is 60.1 Å². The second kappa shape index (κ2) is 11.4. The molecule has 1 aliphatic rings. The molecule has 29 heavy (non-hydrogen) atoms. The summed E-state index contributed by atoms with van der Waals surface area (Å²) in [7, 11) is 0. The van der Waals surface area contributed by atoms with Crippen molar-refractivity contribution >= 4 is 35.1 Å². The lowest BCUT2D eigenvalue weighted by molar-refractivity contribution is -0.147. The lowest BCUT2D eigenvalue weighted by Gasteiger charge is -2.36. The summed E-state index contributed by atoms with van der Waals surface area (Å²) in [5.74, 6) is -0.611. The van der Waals surface area contributed by atoms with Crippen LogP contribution in [0.1, 0.15) is 43.5 Å². The highest BCUT2D eigenvalue weighted by Crippen LogP contribution is 2.15. The van der Waals surface area contributed by atoms with E-state index < -0.39 is 17.9 Å². The molecule has 1 unspecified atom stereocenters. The largest absolute Gasteiger partial charge is 0.494 e. The van der Waals surface area contributed by atoms with Crippen molar-refractivity contribution in [1.29, 1.82) is 0 Å². The summed E-state index contributed by atoms with van der Waals surface area (Å²) in [6.45, 7) is 5.50. The Balaban J connectivity index is 2.03. The van der Waals surface area contributed by atoms with Crippen LogP contribution in [0.4, 0.5) is 0 Å². The van der Waals surface area contributed by atoms with Gasteiger partial charge in [0, 0.05) is 18.7 Å². The van der Waals surface area contributed by atoms with Crippen molar-refractivity contribution in [2.45, 2.75) is 39.2 Å². The fraction of sp³-hybridized carbons (Fsp3) is 0.500. The van der Waals surface area contributed by atoms with Gasteiger partial charge in [-0.2, -0.15) is 0 Å². The SMILES string of the molecule is CCCOC(=O)CC1C(=O)NCCN1C(=S)NC(=O)c1cccc(OCCC)c1. The molecule has 2 amide bonds. The van der Waals surface area contributed by atoms with Crippen LogP contribution >= 0.6 is 12.2 Å². The molecule has 2 rings (SSSR count). The topological polar surface area (TPSA) is 97.0 Å². The zero-order valence-corrected chi connectivity index (χ0v) is 17.5. The highest BCUT2D eigenvalue weighted by Gasteiger charge is 2.34. The maximum absolute atomic E-state index is 12.6. The van der Waals surface area contributed by atoms with Gasteiger partial charge >= 0.3 is 5.97 Å². The molecule has 0 spiro atoms.